The molecule has 0 radical (unpaired) electrons. The fraction of sp³-hybridized carbons (Fsp3) is 0.538. The van der Waals surface area contributed by atoms with E-state index >= 15 is 0 Å². The highest BCUT2D eigenvalue weighted by Crippen LogP contribution is 1.96. The molecule has 0 N–H and O–H groups in total. The molecule has 0 aromatic heterocycles. The summed E-state index contributed by atoms with van der Waals surface area (Å²) in [5.41, 5.74) is 1.14. The Morgan fingerprint density at radius 2 is 1.71 bits per heavy atom. The lowest BCUT2D eigenvalue weighted by Gasteiger charge is -1.96. The van der Waals surface area contributed by atoms with Crippen molar-refractivity contribution in [2.75, 3.05) is 13.7 Å². The smallest absolute Gasteiger partial charge is 0.0712 e. The maximum Gasteiger partial charge on any atom is 0.0712 e. The monoisotopic (exact) mass is 198 g/mol. The predicted molar refractivity (Wildman–Crippen MR) is 67.7 cm³/mol. The Morgan fingerprint density at radius 3 is 2.00 bits per heavy atom. The third kappa shape index (κ3) is 17.3. The fourth-order valence-electron chi connectivity index (χ4n) is 0.684. The molecule has 0 aliphatic heterocycles. The molecule has 0 heterocycles. The second-order valence-electron chi connectivity index (χ2n) is 1.91. The van der Waals surface area contributed by atoms with E-state index in [0.717, 1.165) is 5.57 Å². The van der Waals surface area contributed by atoms with Crippen molar-refractivity contribution in [3.05, 3.63) is 36.5 Å². The maximum atomic E-state index is 4.94. The van der Waals surface area contributed by atoms with E-state index in [2.05, 4.69) is 6.58 Å². The summed E-state index contributed by atoms with van der Waals surface area (Å²) in [6, 6.07) is 0. The van der Waals surface area contributed by atoms with Crippen molar-refractivity contribution in [1.29, 1.82) is 0 Å². The van der Waals surface area contributed by atoms with Crippen LogP contribution in [0.15, 0.2) is 36.5 Å². The van der Waals surface area contributed by atoms with Gasteiger partial charge >= 0.3 is 0 Å². The Hall–Kier alpha value is -0.820. The Balaban J connectivity index is -0.000000266. The van der Waals surface area contributed by atoms with Gasteiger partial charge in [0.05, 0.1) is 6.61 Å². The van der Waals surface area contributed by atoms with Gasteiger partial charge in [-0.05, 0) is 12.5 Å². The lowest BCUT2D eigenvalue weighted by atomic mass is 10.2. The van der Waals surface area contributed by atoms with E-state index in [0.29, 0.717) is 6.61 Å². The summed E-state index contributed by atoms with van der Waals surface area (Å²) in [7, 11) is 1.68. The Labute approximate surface area is 90.2 Å². The third-order valence-corrected chi connectivity index (χ3v) is 1.02. The minimum absolute atomic E-state index is 0.649. The maximum absolute atomic E-state index is 4.94. The Bertz CT molecular complexity index is 143. The van der Waals surface area contributed by atoms with E-state index in [4.69, 9.17) is 4.74 Å². The van der Waals surface area contributed by atoms with Crippen molar-refractivity contribution in [2.24, 2.45) is 0 Å². The second kappa shape index (κ2) is 22.8. The molecule has 0 aromatic rings. The zero-order valence-electron chi connectivity index (χ0n) is 10.6. The van der Waals surface area contributed by atoms with Crippen LogP contribution in [0.3, 0.4) is 0 Å². The van der Waals surface area contributed by atoms with Crippen molar-refractivity contribution in [2.45, 2.75) is 34.6 Å². The molecular formula is C13H26O. The van der Waals surface area contributed by atoms with Crippen LogP contribution in [-0.2, 0) is 4.74 Å². The lowest BCUT2D eigenvalue weighted by Crippen LogP contribution is -1.89. The molecule has 84 valence electrons. The van der Waals surface area contributed by atoms with Gasteiger partial charge in [-0.25, -0.2) is 0 Å². The minimum atomic E-state index is 0.649. The summed E-state index contributed by atoms with van der Waals surface area (Å²) < 4.78 is 4.94. The van der Waals surface area contributed by atoms with Crippen molar-refractivity contribution in [3.63, 3.8) is 0 Å². The normalized spacial score (nSPS) is 9.71. The molecule has 1 nitrogen and oxygen atoms in total. The van der Waals surface area contributed by atoms with Crippen LogP contribution in [0, 0.1) is 0 Å². The molecule has 0 aromatic carbocycles. The van der Waals surface area contributed by atoms with Crippen LogP contribution in [0.25, 0.3) is 0 Å². The molecule has 0 unspecified atom stereocenters. The van der Waals surface area contributed by atoms with E-state index in [9.17, 15) is 0 Å². The van der Waals surface area contributed by atoms with Gasteiger partial charge in [-0.1, -0.05) is 58.6 Å². The molecule has 0 amide bonds. The number of hydrogen-bond acceptors (Lipinski definition) is 1. The van der Waals surface area contributed by atoms with Crippen molar-refractivity contribution < 1.29 is 4.74 Å². The summed E-state index contributed by atoms with van der Waals surface area (Å²) in [5.74, 6) is 0. The Kier molecular flexibility index (Phi) is 30.7. The SMILES string of the molecule is C=C/C=C(\C=C/C)COC.CC.CC. The molecule has 0 spiro atoms. The van der Waals surface area contributed by atoms with E-state index in [1.807, 2.05) is 52.8 Å². The first-order valence-electron chi connectivity index (χ1n) is 5.28. The van der Waals surface area contributed by atoms with Crippen molar-refractivity contribution in [3.8, 4) is 0 Å². The molecule has 14 heavy (non-hydrogen) atoms. The lowest BCUT2D eigenvalue weighted by molar-refractivity contribution is 0.228. The minimum Gasteiger partial charge on any atom is -0.380 e. The van der Waals surface area contributed by atoms with Crippen LogP contribution < -0.4 is 0 Å². The third-order valence-electron chi connectivity index (χ3n) is 1.02. The average molecular weight is 198 g/mol. The van der Waals surface area contributed by atoms with Crippen LogP contribution in [0.5, 0.6) is 0 Å². The van der Waals surface area contributed by atoms with Crippen LogP contribution >= 0.6 is 0 Å². The number of ether oxygens (including phenoxy) is 1. The van der Waals surface area contributed by atoms with Gasteiger partial charge in [0.2, 0.25) is 0 Å². The zero-order chi connectivity index (χ0) is 11.8. The molecular weight excluding hydrogens is 172 g/mol. The summed E-state index contributed by atoms with van der Waals surface area (Å²) >= 11 is 0. The largest absolute Gasteiger partial charge is 0.380 e. The predicted octanol–water partition coefficient (Wildman–Crippen LogP) is 4.37. The van der Waals surface area contributed by atoms with Crippen LogP contribution in [0.1, 0.15) is 34.6 Å². The van der Waals surface area contributed by atoms with Gasteiger partial charge in [-0.15, -0.1) is 0 Å². The number of rotatable bonds is 4. The van der Waals surface area contributed by atoms with E-state index in [1.165, 1.54) is 0 Å². The molecule has 0 aliphatic rings. The van der Waals surface area contributed by atoms with Gasteiger partial charge < -0.3 is 4.74 Å². The first kappa shape index (κ1) is 18.9. The molecule has 0 atom stereocenters. The Morgan fingerprint density at radius 1 is 1.21 bits per heavy atom. The molecule has 0 fully saturated rings. The van der Waals surface area contributed by atoms with Crippen molar-refractivity contribution >= 4 is 0 Å². The van der Waals surface area contributed by atoms with Gasteiger partial charge in [-0.2, -0.15) is 0 Å². The van der Waals surface area contributed by atoms with Gasteiger partial charge in [0.15, 0.2) is 0 Å². The molecule has 0 aliphatic carbocycles. The van der Waals surface area contributed by atoms with E-state index < -0.39 is 0 Å². The van der Waals surface area contributed by atoms with Crippen LogP contribution in [0.4, 0.5) is 0 Å². The van der Waals surface area contributed by atoms with E-state index in [1.54, 1.807) is 13.2 Å². The number of allylic oxidation sites excluding steroid dienone is 3. The topological polar surface area (TPSA) is 9.23 Å². The van der Waals surface area contributed by atoms with Crippen LogP contribution in [0.2, 0.25) is 0 Å². The first-order chi connectivity index (χ1) is 6.85. The number of methoxy groups -OCH3 is 1. The molecule has 0 bridgehead atoms. The van der Waals surface area contributed by atoms with E-state index in [-0.39, 0.29) is 0 Å². The molecule has 0 rings (SSSR count). The summed E-state index contributed by atoms with van der Waals surface area (Å²) in [6.45, 7) is 14.2. The molecule has 0 saturated heterocycles. The first-order valence-corrected chi connectivity index (χ1v) is 5.28. The quantitative estimate of drug-likeness (QED) is 0.609. The second-order valence-corrected chi connectivity index (χ2v) is 1.91. The van der Waals surface area contributed by atoms with Crippen LogP contribution in [-0.4, -0.2) is 13.7 Å². The van der Waals surface area contributed by atoms with Gasteiger partial charge in [-0.3, -0.25) is 0 Å². The molecule has 0 saturated carbocycles. The average Bonchev–Trinajstić information content (AvgIpc) is 2.25. The van der Waals surface area contributed by atoms with Gasteiger partial charge in [0.1, 0.15) is 0 Å². The highest BCUT2D eigenvalue weighted by molar-refractivity contribution is 5.22. The summed E-state index contributed by atoms with van der Waals surface area (Å²) in [6.07, 6.45) is 7.68. The van der Waals surface area contributed by atoms with Crippen molar-refractivity contribution in [1.82, 2.24) is 0 Å². The van der Waals surface area contributed by atoms with Gasteiger partial charge in [0, 0.05) is 7.11 Å². The van der Waals surface area contributed by atoms with Gasteiger partial charge in [0.25, 0.3) is 0 Å². The fourth-order valence-corrected chi connectivity index (χ4v) is 0.684. The standard InChI is InChI=1S/C9H14O.2C2H6/c1-4-6-9(7-5-2)8-10-3;2*1-2/h4-7H,1,8H2,2-3H3;2*1-2H3/b7-5-,9-6+;;. The summed E-state index contributed by atoms with van der Waals surface area (Å²) in [5, 5.41) is 0. The number of hydrogen-bond donors (Lipinski definition) is 0. The molecule has 1 heteroatoms. The highest BCUT2D eigenvalue weighted by Gasteiger charge is 1.85. The zero-order valence-corrected chi connectivity index (χ0v) is 10.6. The summed E-state index contributed by atoms with van der Waals surface area (Å²) in [4.78, 5) is 0. The highest BCUT2D eigenvalue weighted by atomic mass is 16.5.